The molecule has 0 spiro atoms. The fourth-order valence-electron chi connectivity index (χ4n) is 1.92. The highest BCUT2D eigenvalue weighted by molar-refractivity contribution is 5.86. The highest BCUT2D eigenvalue weighted by atomic mass is 16.2. The fraction of sp³-hybridized carbons (Fsp3) is 0.250. The van der Waals surface area contributed by atoms with E-state index in [1.54, 1.807) is 0 Å². The minimum absolute atomic E-state index is 0.280. The van der Waals surface area contributed by atoms with Gasteiger partial charge in [0.15, 0.2) is 0 Å². The third kappa shape index (κ3) is 2.28. The molecule has 0 aliphatic heterocycles. The van der Waals surface area contributed by atoms with Gasteiger partial charge >= 0.3 is 0 Å². The molecule has 0 fully saturated rings. The van der Waals surface area contributed by atoms with E-state index in [4.69, 9.17) is 5.53 Å². The van der Waals surface area contributed by atoms with Crippen molar-refractivity contribution in [3.63, 3.8) is 0 Å². The number of hydrogen-bond donors (Lipinski definition) is 2. The number of aromatic amines is 1. The summed E-state index contributed by atoms with van der Waals surface area (Å²) in [7, 11) is 1.53. The lowest BCUT2D eigenvalue weighted by Gasteiger charge is -2.08. The van der Waals surface area contributed by atoms with Crippen molar-refractivity contribution in [2.75, 3.05) is 7.05 Å². The Morgan fingerprint density at radius 2 is 2.33 bits per heavy atom. The summed E-state index contributed by atoms with van der Waals surface area (Å²) in [5.74, 6) is -0.280. The SMILES string of the molecule is CNC(=O)C(Cc1c[nH]c2ccccc12)N=[N+]=[N-]. The molecular formula is C12H13N5O. The second-order valence-corrected chi connectivity index (χ2v) is 3.90. The summed E-state index contributed by atoms with van der Waals surface area (Å²) >= 11 is 0. The molecule has 0 saturated carbocycles. The number of hydrogen-bond acceptors (Lipinski definition) is 2. The molecule has 0 radical (unpaired) electrons. The molecule has 0 bridgehead atoms. The van der Waals surface area contributed by atoms with Crippen LogP contribution in [0.25, 0.3) is 21.3 Å². The number of fused-ring (bicyclic) bond motifs is 1. The van der Waals surface area contributed by atoms with Gasteiger partial charge in [0.25, 0.3) is 0 Å². The van der Waals surface area contributed by atoms with Crippen LogP contribution >= 0.6 is 0 Å². The van der Waals surface area contributed by atoms with Gasteiger partial charge in [-0.05, 0) is 23.6 Å². The minimum atomic E-state index is -0.723. The molecule has 1 aromatic heterocycles. The highest BCUT2D eigenvalue weighted by Crippen LogP contribution is 2.19. The third-order valence-corrected chi connectivity index (χ3v) is 2.83. The summed E-state index contributed by atoms with van der Waals surface area (Å²) in [6.45, 7) is 0. The zero-order valence-electron chi connectivity index (χ0n) is 9.92. The maximum Gasteiger partial charge on any atom is 0.229 e. The van der Waals surface area contributed by atoms with Gasteiger partial charge < -0.3 is 10.3 Å². The van der Waals surface area contributed by atoms with Crippen molar-refractivity contribution in [2.45, 2.75) is 12.5 Å². The Balaban J connectivity index is 2.31. The molecule has 0 aliphatic rings. The van der Waals surface area contributed by atoms with Crippen LogP contribution in [-0.2, 0) is 11.2 Å². The van der Waals surface area contributed by atoms with Gasteiger partial charge in [0.2, 0.25) is 5.91 Å². The van der Waals surface area contributed by atoms with E-state index in [-0.39, 0.29) is 5.91 Å². The Morgan fingerprint density at radius 1 is 1.56 bits per heavy atom. The Kier molecular flexibility index (Phi) is 3.50. The summed E-state index contributed by atoms with van der Waals surface area (Å²) in [6.07, 6.45) is 2.22. The quantitative estimate of drug-likeness (QED) is 0.480. The fourth-order valence-corrected chi connectivity index (χ4v) is 1.92. The summed E-state index contributed by atoms with van der Waals surface area (Å²) in [6, 6.07) is 7.08. The van der Waals surface area contributed by atoms with Gasteiger partial charge in [-0.1, -0.05) is 23.3 Å². The van der Waals surface area contributed by atoms with Crippen molar-refractivity contribution in [3.8, 4) is 0 Å². The van der Waals surface area contributed by atoms with Gasteiger partial charge in [0.1, 0.15) is 6.04 Å². The molecular weight excluding hydrogens is 230 g/mol. The van der Waals surface area contributed by atoms with Crippen LogP contribution in [0.5, 0.6) is 0 Å². The number of amides is 1. The number of benzene rings is 1. The molecule has 1 unspecified atom stereocenters. The number of aromatic nitrogens is 1. The van der Waals surface area contributed by atoms with E-state index >= 15 is 0 Å². The minimum Gasteiger partial charge on any atom is -0.361 e. The topological polar surface area (TPSA) is 93.6 Å². The molecule has 6 heteroatoms. The second-order valence-electron chi connectivity index (χ2n) is 3.90. The first-order chi connectivity index (χ1) is 8.76. The zero-order valence-corrected chi connectivity index (χ0v) is 9.92. The number of H-pyrrole nitrogens is 1. The van der Waals surface area contributed by atoms with Crippen molar-refractivity contribution in [1.29, 1.82) is 0 Å². The average Bonchev–Trinajstić information content (AvgIpc) is 2.81. The van der Waals surface area contributed by atoms with Crippen molar-refractivity contribution in [3.05, 3.63) is 46.5 Å². The lowest BCUT2D eigenvalue weighted by molar-refractivity contribution is -0.121. The van der Waals surface area contributed by atoms with Crippen LogP contribution < -0.4 is 5.32 Å². The maximum atomic E-state index is 11.6. The van der Waals surface area contributed by atoms with E-state index in [9.17, 15) is 4.79 Å². The molecule has 0 saturated heterocycles. The lowest BCUT2D eigenvalue weighted by Crippen LogP contribution is -2.31. The average molecular weight is 243 g/mol. The van der Waals surface area contributed by atoms with Gasteiger partial charge in [0.05, 0.1) is 0 Å². The number of carbonyl (C=O) groups is 1. The normalized spacial score (nSPS) is 11.8. The number of nitrogens with one attached hydrogen (secondary N) is 2. The summed E-state index contributed by atoms with van der Waals surface area (Å²) in [4.78, 5) is 17.4. The van der Waals surface area contributed by atoms with E-state index in [1.807, 2.05) is 30.5 Å². The van der Waals surface area contributed by atoms with E-state index in [0.717, 1.165) is 16.5 Å². The Bertz CT molecular complexity index is 612. The predicted octanol–water partition coefficient (Wildman–Crippen LogP) is 2.14. The molecule has 18 heavy (non-hydrogen) atoms. The van der Waals surface area contributed by atoms with Crippen LogP contribution in [-0.4, -0.2) is 24.0 Å². The molecule has 6 nitrogen and oxygen atoms in total. The lowest BCUT2D eigenvalue weighted by atomic mass is 10.1. The van der Waals surface area contributed by atoms with E-state index in [0.29, 0.717) is 6.42 Å². The van der Waals surface area contributed by atoms with Gasteiger partial charge in [-0.15, -0.1) is 0 Å². The molecule has 1 heterocycles. The first kappa shape index (κ1) is 12.0. The van der Waals surface area contributed by atoms with Crippen LogP contribution in [0.4, 0.5) is 0 Å². The van der Waals surface area contributed by atoms with Gasteiger partial charge in [-0.25, -0.2) is 0 Å². The van der Waals surface area contributed by atoms with Crippen LogP contribution in [0, 0.1) is 0 Å². The largest absolute Gasteiger partial charge is 0.361 e. The molecule has 1 amide bonds. The van der Waals surface area contributed by atoms with Crippen molar-refractivity contribution >= 4 is 16.8 Å². The molecule has 2 rings (SSSR count). The predicted molar refractivity (Wildman–Crippen MR) is 69.0 cm³/mol. The molecule has 2 aromatic rings. The molecule has 1 aromatic carbocycles. The molecule has 0 aliphatic carbocycles. The monoisotopic (exact) mass is 243 g/mol. The summed E-state index contributed by atoms with van der Waals surface area (Å²) in [5.41, 5.74) is 10.5. The molecule has 92 valence electrons. The number of rotatable bonds is 4. The summed E-state index contributed by atoms with van der Waals surface area (Å²) < 4.78 is 0. The van der Waals surface area contributed by atoms with Crippen LogP contribution in [0.2, 0.25) is 0 Å². The van der Waals surface area contributed by atoms with Gasteiger partial charge in [-0.3, -0.25) is 4.79 Å². The highest BCUT2D eigenvalue weighted by Gasteiger charge is 2.17. The standard InChI is InChI=1S/C12H13N5O/c1-14-12(18)11(16-17-13)6-8-7-15-10-5-3-2-4-9(8)10/h2-5,7,11,15H,6H2,1H3,(H,14,18). The maximum absolute atomic E-state index is 11.6. The number of carbonyl (C=O) groups excluding carboxylic acids is 1. The van der Waals surface area contributed by atoms with Crippen LogP contribution in [0.15, 0.2) is 35.6 Å². The third-order valence-electron chi connectivity index (χ3n) is 2.83. The number of para-hydroxylation sites is 1. The van der Waals surface area contributed by atoms with Gasteiger partial charge in [0, 0.05) is 29.1 Å². The first-order valence-electron chi connectivity index (χ1n) is 5.57. The zero-order chi connectivity index (χ0) is 13.0. The number of azide groups is 1. The second kappa shape index (κ2) is 5.25. The number of likely N-dealkylation sites (N-methyl/N-ethyl adjacent to an activating group) is 1. The van der Waals surface area contributed by atoms with E-state index in [2.05, 4.69) is 20.3 Å². The van der Waals surface area contributed by atoms with Crippen molar-refractivity contribution in [1.82, 2.24) is 10.3 Å². The Hall–Kier alpha value is -2.46. The Morgan fingerprint density at radius 3 is 3.06 bits per heavy atom. The van der Waals surface area contributed by atoms with Gasteiger partial charge in [-0.2, -0.15) is 0 Å². The van der Waals surface area contributed by atoms with Crippen LogP contribution in [0.1, 0.15) is 5.56 Å². The molecule has 1 atom stereocenters. The van der Waals surface area contributed by atoms with Crippen molar-refractivity contribution in [2.24, 2.45) is 5.11 Å². The smallest absolute Gasteiger partial charge is 0.229 e. The van der Waals surface area contributed by atoms with E-state index < -0.39 is 6.04 Å². The Labute approximate surface area is 104 Å². The summed E-state index contributed by atoms with van der Waals surface area (Å²) in [5, 5.41) is 7.07. The van der Waals surface area contributed by atoms with Crippen molar-refractivity contribution < 1.29 is 4.79 Å². The first-order valence-corrected chi connectivity index (χ1v) is 5.57. The van der Waals surface area contributed by atoms with Crippen LogP contribution in [0.3, 0.4) is 0 Å². The van der Waals surface area contributed by atoms with E-state index in [1.165, 1.54) is 7.05 Å². The number of nitrogens with zero attached hydrogens (tertiary/aromatic N) is 3. The molecule has 2 N–H and O–H groups in total.